The lowest BCUT2D eigenvalue weighted by Crippen LogP contribution is -2.37. The highest BCUT2D eigenvalue weighted by molar-refractivity contribution is 5.89. The predicted molar refractivity (Wildman–Crippen MR) is 146 cm³/mol. The number of methoxy groups -OCH3 is 1. The van der Waals surface area contributed by atoms with Gasteiger partial charge in [0.15, 0.2) is 5.65 Å². The highest BCUT2D eigenvalue weighted by atomic mass is 16.5. The quantitative estimate of drug-likeness (QED) is 0.426. The number of ether oxygens (including phenoxy) is 2. The summed E-state index contributed by atoms with van der Waals surface area (Å²) in [5.41, 5.74) is 8.02. The van der Waals surface area contributed by atoms with Gasteiger partial charge in [0.05, 0.1) is 23.7 Å². The number of nitrogens with two attached hydrogens (primary N) is 1. The molecule has 1 aromatic carbocycles. The van der Waals surface area contributed by atoms with E-state index in [4.69, 9.17) is 20.3 Å². The zero-order chi connectivity index (χ0) is 26.5. The molecule has 1 amide bonds. The Labute approximate surface area is 222 Å². The number of nitrogens with zero attached hydrogens (tertiary/aromatic N) is 4. The normalized spacial score (nSPS) is 23.5. The van der Waals surface area contributed by atoms with Gasteiger partial charge in [0.1, 0.15) is 23.7 Å². The summed E-state index contributed by atoms with van der Waals surface area (Å²) in [7, 11) is 1.60. The van der Waals surface area contributed by atoms with Crippen LogP contribution in [0.15, 0.2) is 72.8 Å². The molecule has 198 valence electrons. The molecule has 0 bridgehead atoms. The van der Waals surface area contributed by atoms with Gasteiger partial charge in [-0.3, -0.25) is 4.79 Å². The molecule has 9 nitrogen and oxygen atoms in total. The molecule has 2 aliphatic rings. The van der Waals surface area contributed by atoms with Crippen molar-refractivity contribution in [1.29, 1.82) is 0 Å². The minimum absolute atomic E-state index is 0.0182. The number of hydrogen-bond donors (Lipinski definition) is 2. The Bertz CT molecular complexity index is 1360. The van der Waals surface area contributed by atoms with Gasteiger partial charge in [0.2, 0.25) is 5.91 Å². The summed E-state index contributed by atoms with van der Waals surface area (Å²) in [4.78, 5) is 21.0. The maximum Gasteiger partial charge on any atom is 0.243 e. The van der Waals surface area contributed by atoms with E-state index in [2.05, 4.69) is 34.4 Å². The summed E-state index contributed by atoms with van der Waals surface area (Å²) in [6, 6.07) is 10.1. The number of nitrogens with one attached hydrogen (secondary N) is 1. The summed E-state index contributed by atoms with van der Waals surface area (Å²) in [5.74, 6) is 2.13. The number of nitrogen functional groups attached to an aromatic ring is 1. The molecule has 2 unspecified atom stereocenters. The number of amides is 1. The molecule has 2 aliphatic carbocycles. The molecule has 0 saturated heterocycles. The number of anilines is 1. The van der Waals surface area contributed by atoms with Crippen LogP contribution in [-0.4, -0.2) is 45.4 Å². The first-order valence-electron chi connectivity index (χ1n) is 13.1. The fourth-order valence-electron chi connectivity index (χ4n) is 5.30. The fraction of sp³-hybridized carbons (Fsp3) is 0.379. The van der Waals surface area contributed by atoms with Crippen molar-refractivity contribution in [2.24, 2.45) is 5.92 Å². The second-order valence-corrected chi connectivity index (χ2v) is 9.89. The van der Waals surface area contributed by atoms with Crippen LogP contribution in [0.5, 0.6) is 5.75 Å². The van der Waals surface area contributed by atoms with Crippen molar-refractivity contribution in [3.8, 4) is 5.75 Å². The third-order valence-corrected chi connectivity index (χ3v) is 7.22. The molecule has 2 atom stereocenters. The van der Waals surface area contributed by atoms with Gasteiger partial charge in [0.25, 0.3) is 0 Å². The first kappa shape index (κ1) is 25.7. The van der Waals surface area contributed by atoms with E-state index in [1.807, 2.05) is 41.1 Å². The van der Waals surface area contributed by atoms with Crippen molar-refractivity contribution < 1.29 is 14.3 Å². The molecule has 2 aromatic heterocycles. The summed E-state index contributed by atoms with van der Waals surface area (Å²) < 4.78 is 13.0. The van der Waals surface area contributed by atoms with Crippen molar-refractivity contribution in [2.45, 2.75) is 50.6 Å². The number of carbonyl (C=O) groups is 1. The highest BCUT2D eigenvalue weighted by Gasteiger charge is 2.31. The van der Waals surface area contributed by atoms with Crippen LogP contribution >= 0.6 is 0 Å². The third-order valence-electron chi connectivity index (χ3n) is 7.22. The van der Waals surface area contributed by atoms with Gasteiger partial charge in [-0.25, -0.2) is 14.6 Å². The zero-order valence-corrected chi connectivity index (χ0v) is 21.8. The van der Waals surface area contributed by atoms with Gasteiger partial charge >= 0.3 is 0 Å². The molecule has 38 heavy (non-hydrogen) atoms. The van der Waals surface area contributed by atoms with E-state index in [9.17, 15) is 4.79 Å². The lowest BCUT2D eigenvalue weighted by atomic mass is 9.86. The summed E-state index contributed by atoms with van der Waals surface area (Å²) in [6.07, 6.45) is 14.5. The third kappa shape index (κ3) is 5.62. The van der Waals surface area contributed by atoms with Gasteiger partial charge in [-0.2, -0.15) is 5.10 Å². The smallest absolute Gasteiger partial charge is 0.243 e. The number of fused-ring (bicyclic) bond motifs is 1. The topological polar surface area (TPSA) is 117 Å². The standard InChI is InChI=1S/C29H34N6O3/c1-19-17-23(38-22-7-4-3-5-8-22)14-15-24(19)27-26-28(30)31-18-32-29(26)35(34-27)21-12-10-20(11-13-21)33-25(36)9-6-16-37-2/h3-9,14-15,17-21,24H,10-13,16H2,1-2H3,(H,33,36)(H2,30,31,32)/b9-6+. The van der Waals surface area contributed by atoms with Crippen molar-refractivity contribution in [2.75, 3.05) is 19.5 Å². The molecule has 5 rings (SSSR count). The molecule has 3 aromatic rings. The zero-order valence-electron chi connectivity index (χ0n) is 21.8. The van der Waals surface area contributed by atoms with Crippen molar-refractivity contribution >= 4 is 22.8 Å². The van der Waals surface area contributed by atoms with E-state index in [1.54, 1.807) is 13.2 Å². The highest BCUT2D eigenvalue weighted by Crippen LogP contribution is 2.39. The van der Waals surface area contributed by atoms with E-state index in [-0.39, 0.29) is 29.8 Å². The predicted octanol–water partition coefficient (Wildman–Crippen LogP) is 4.46. The van der Waals surface area contributed by atoms with Gasteiger partial charge in [-0.15, -0.1) is 0 Å². The van der Waals surface area contributed by atoms with Gasteiger partial charge < -0.3 is 20.5 Å². The molecule has 2 heterocycles. The Morgan fingerprint density at radius 1 is 1.18 bits per heavy atom. The Morgan fingerprint density at radius 3 is 2.71 bits per heavy atom. The first-order valence-corrected chi connectivity index (χ1v) is 13.1. The number of allylic oxidation sites excluding steroid dienone is 3. The molecule has 0 spiro atoms. The van der Waals surface area contributed by atoms with E-state index in [0.29, 0.717) is 12.4 Å². The second-order valence-electron chi connectivity index (χ2n) is 9.89. The van der Waals surface area contributed by atoms with Crippen LogP contribution in [0.1, 0.15) is 50.3 Å². The molecule has 0 radical (unpaired) electrons. The van der Waals surface area contributed by atoms with Crippen LogP contribution in [0.2, 0.25) is 0 Å². The first-order chi connectivity index (χ1) is 18.5. The number of benzene rings is 1. The van der Waals surface area contributed by atoms with Gasteiger partial charge in [-0.1, -0.05) is 37.3 Å². The second kappa shape index (κ2) is 11.6. The summed E-state index contributed by atoms with van der Waals surface area (Å²) >= 11 is 0. The minimum Gasteiger partial charge on any atom is -0.458 e. The monoisotopic (exact) mass is 514 g/mol. The van der Waals surface area contributed by atoms with Crippen molar-refractivity contribution in [3.05, 3.63) is 78.5 Å². The molecular formula is C29H34N6O3. The largest absolute Gasteiger partial charge is 0.458 e. The molecule has 0 aliphatic heterocycles. The number of carbonyl (C=O) groups excluding carboxylic acids is 1. The van der Waals surface area contributed by atoms with Crippen LogP contribution in [0, 0.1) is 5.92 Å². The molecule has 1 saturated carbocycles. The number of rotatable bonds is 8. The van der Waals surface area contributed by atoms with E-state index < -0.39 is 0 Å². The Balaban J connectivity index is 1.32. The van der Waals surface area contributed by atoms with E-state index >= 15 is 0 Å². The molecule has 9 heteroatoms. The Kier molecular flexibility index (Phi) is 7.83. The molecule has 3 N–H and O–H groups in total. The number of aromatic nitrogens is 4. The Morgan fingerprint density at radius 2 is 1.97 bits per heavy atom. The fourth-order valence-corrected chi connectivity index (χ4v) is 5.30. The average Bonchev–Trinajstić information content (AvgIpc) is 3.31. The summed E-state index contributed by atoms with van der Waals surface area (Å²) in [6.45, 7) is 2.58. The van der Waals surface area contributed by atoms with Gasteiger partial charge in [-0.05, 0) is 55.9 Å². The lowest BCUT2D eigenvalue weighted by Gasteiger charge is -2.29. The van der Waals surface area contributed by atoms with Gasteiger partial charge in [0, 0.05) is 25.1 Å². The van der Waals surface area contributed by atoms with E-state index in [1.165, 1.54) is 12.4 Å². The maximum atomic E-state index is 12.2. The maximum absolute atomic E-state index is 12.2. The molecule has 1 fully saturated rings. The minimum atomic E-state index is -0.0837. The SMILES string of the molecule is COC/C=C/C(=O)NC1CCC(n2nc(C3C=CC(Oc4ccccc4)=CC3C)c3c(N)ncnc32)CC1. The molecular weight excluding hydrogens is 480 g/mol. The van der Waals surface area contributed by atoms with E-state index in [0.717, 1.165) is 53.9 Å². The number of hydrogen-bond acceptors (Lipinski definition) is 7. The lowest BCUT2D eigenvalue weighted by molar-refractivity contribution is -0.117. The summed E-state index contributed by atoms with van der Waals surface area (Å²) in [5, 5.41) is 9.00. The number of para-hydroxylation sites is 1. The van der Waals surface area contributed by atoms with Crippen LogP contribution < -0.4 is 15.8 Å². The van der Waals surface area contributed by atoms with Crippen LogP contribution in [0.4, 0.5) is 5.82 Å². The van der Waals surface area contributed by atoms with Crippen molar-refractivity contribution in [3.63, 3.8) is 0 Å². The van der Waals surface area contributed by atoms with Crippen LogP contribution in [0.3, 0.4) is 0 Å². The Hall–Kier alpha value is -3.98. The van der Waals surface area contributed by atoms with Crippen molar-refractivity contribution in [1.82, 2.24) is 25.1 Å². The average molecular weight is 515 g/mol. The van der Waals surface area contributed by atoms with Crippen LogP contribution in [-0.2, 0) is 9.53 Å². The van der Waals surface area contributed by atoms with Crippen LogP contribution in [0.25, 0.3) is 11.0 Å².